The molecule has 0 bridgehead atoms. The maximum atomic E-state index is 13.7. The summed E-state index contributed by atoms with van der Waals surface area (Å²) in [5.41, 5.74) is 1.92. The van der Waals surface area contributed by atoms with Gasteiger partial charge in [0.1, 0.15) is 11.5 Å². The molecule has 0 aliphatic rings. The Morgan fingerprint density at radius 1 is 1.11 bits per heavy atom. The van der Waals surface area contributed by atoms with Crippen molar-refractivity contribution in [3.63, 3.8) is 0 Å². The number of likely N-dealkylation sites (N-methyl/N-ethyl adjacent to an activating group) is 2. The van der Waals surface area contributed by atoms with Crippen LogP contribution >= 0.6 is 11.6 Å². The fourth-order valence-electron chi connectivity index (χ4n) is 3.59. The van der Waals surface area contributed by atoms with E-state index in [1.165, 1.54) is 26.3 Å². The molecule has 1 amide bonds. The molecule has 3 rings (SSSR count). The molecular weight excluding hydrogens is 464 g/mol. The van der Waals surface area contributed by atoms with Crippen LogP contribution in [0.25, 0.3) is 11.4 Å². The van der Waals surface area contributed by atoms with Gasteiger partial charge in [0.2, 0.25) is 5.91 Å². The molecule has 3 aromatic rings. The number of rotatable bonds is 9. The second kappa shape index (κ2) is 11.0. The molecule has 1 heterocycles. The highest BCUT2D eigenvalue weighted by Gasteiger charge is 2.23. The van der Waals surface area contributed by atoms with Crippen LogP contribution in [0.3, 0.4) is 0 Å². The Bertz CT molecular complexity index is 1330. The molecule has 0 saturated heterocycles. The number of carbonyl (C=O) groups is 1. The first kappa shape index (κ1) is 25.7. The molecule has 0 atom stereocenters. The molecule has 2 aromatic carbocycles. The van der Waals surface area contributed by atoms with Gasteiger partial charge in [-0.05, 0) is 69.7 Å². The Kier molecular flexibility index (Phi) is 8.11. The van der Waals surface area contributed by atoms with Gasteiger partial charge in [0, 0.05) is 30.4 Å². The summed E-state index contributed by atoms with van der Waals surface area (Å²) in [5, 5.41) is 11.9. The van der Waals surface area contributed by atoms with Crippen molar-refractivity contribution in [1.29, 1.82) is 5.41 Å². The van der Waals surface area contributed by atoms with Crippen LogP contribution in [0.2, 0.25) is 5.02 Å². The van der Waals surface area contributed by atoms with Crippen molar-refractivity contribution in [2.75, 3.05) is 37.9 Å². The maximum absolute atomic E-state index is 13.7. The number of carbonyl (C=O) groups excluding carboxylic acids is 1. The summed E-state index contributed by atoms with van der Waals surface area (Å²) in [6.45, 7) is 6.00. The normalized spacial score (nSPS) is 11.1. The highest BCUT2D eigenvalue weighted by Crippen LogP contribution is 2.26. The van der Waals surface area contributed by atoms with E-state index in [9.17, 15) is 9.59 Å². The van der Waals surface area contributed by atoms with Crippen LogP contribution in [0.4, 0.5) is 11.5 Å². The lowest BCUT2D eigenvalue weighted by Crippen LogP contribution is -2.26. The molecule has 1 aromatic heterocycles. The molecule has 0 aliphatic carbocycles. The largest absolute Gasteiger partial charge is 0.346 e. The van der Waals surface area contributed by atoms with Gasteiger partial charge in [-0.2, -0.15) is 0 Å². The van der Waals surface area contributed by atoms with Crippen molar-refractivity contribution in [3.05, 3.63) is 94.7 Å². The van der Waals surface area contributed by atoms with Gasteiger partial charge in [-0.1, -0.05) is 30.3 Å². The third-order valence-corrected chi connectivity index (χ3v) is 5.52. The van der Waals surface area contributed by atoms with E-state index in [0.717, 1.165) is 0 Å². The molecule has 0 radical (unpaired) electrons. The number of hydrogen-bond acceptors (Lipinski definition) is 5. The summed E-state index contributed by atoms with van der Waals surface area (Å²) >= 11 is 6.04. The third kappa shape index (κ3) is 5.62. The van der Waals surface area contributed by atoms with Crippen molar-refractivity contribution in [3.8, 4) is 11.4 Å². The monoisotopic (exact) mass is 492 g/mol. The number of halogens is 1. The highest BCUT2D eigenvalue weighted by atomic mass is 35.5. The van der Waals surface area contributed by atoms with Crippen LogP contribution in [0.15, 0.2) is 78.3 Å². The summed E-state index contributed by atoms with van der Waals surface area (Å²) in [5.74, 6) is 0.208. The van der Waals surface area contributed by atoms with Crippen LogP contribution < -0.4 is 15.9 Å². The quantitative estimate of drug-likeness (QED) is 0.344. The number of nitrogens with one attached hydrogen (secondary N) is 2. The van der Waals surface area contributed by atoms with Gasteiger partial charge >= 0.3 is 5.69 Å². The van der Waals surface area contributed by atoms with Gasteiger partial charge in [0.25, 0.3) is 0 Å². The first-order valence-electron chi connectivity index (χ1n) is 10.9. The number of nitrogens with zero attached hydrogens (tertiary/aromatic N) is 4. The molecule has 0 aliphatic heterocycles. The first-order chi connectivity index (χ1) is 16.6. The SMILES string of the molecule is C=CNc1c(C(C)=N)n(-c2ccc(Cl)cc2)c(=O)n1-c1cccc(N(C)C(=O)/C=C/CN(C)C)c1. The fourth-order valence-corrected chi connectivity index (χ4v) is 3.72. The van der Waals surface area contributed by atoms with Crippen molar-refractivity contribution in [2.24, 2.45) is 0 Å². The number of hydrogen-bond donors (Lipinski definition) is 2. The smallest absolute Gasteiger partial charge is 0.339 e. The Hall–Kier alpha value is -3.88. The average molecular weight is 493 g/mol. The molecule has 8 nitrogen and oxygen atoms in total. The number of anilines is 2. The van der Waals surface area contributed by atoms with Crippen LogP contribution in [0, 0.1) is 5.41 Å². The van der Waals surface area contributed by atoms with E-state index in [-0.39, 0.29) is 17.3 Å². The minimum atomic E-state index is -0.379. The Balaban J connectivity index is 2.15. The molecule has 0 spiro atoms. The zero-order chi connectivity index (χ0) is 25.7. The Labute approximate surface area is 209 Å². The zero-order valence-corrected chi connectivity index (χ0v) is 21.0. The fraction of sp³-hybridized carbons (Fsp3) is 0.192. The molecule has 182 valence electrons. The van der Waals surface area contributed by atoms with Gasteiger partial charge in [-0.3, -0.25) is 9.36 Å². The standard InChI is InChI=1S/C26H29ClN6O2/c1-6-29-25-24(18(2)28)32(20-14-12-19(27)13-15-20)26(35)33(25)22-10-7-9-21(17-22)31(5)23(34)11-8-16-30(3)4/h6-15,17,28-29H,1,16H2,2-5H3/b11-8+,28-18?. The lowest BCUT2D eigenvalue weighted by Gasteiger charge is -2.17. The van der Waals surface area contributed by atoms with E-state index in [1.54, 1.807) is 68.6 Å². The number of imidazole rings is 1. The second-order valence-corrected chi connectivity index (χ2v) is 8.62. The van der Waals surface area contributed by atoms with Crippen LogP contribution in [-0.2, 0) is 4.79 Å². The van der Waals surface area contributed by atoms with Crippen molar-refractivity contribution < 1.29 is 4.79 Å². The van der Waals surface area contributed by atoms with Gasteiger partial charge in [-0.15, -0.1) is 0 Å². The zero-order valence-electron chi connectivity index (χ0n) is 20.2. The highest BCUT2D eigenvalue weighted by molar-refractivity contribution is 6.30. The first-order valence-corrected chi connectivity index (χ1v) is 11.3. The molecule has 2 N–H and O–H groups in total. The Morgan fingerprint density at radius 3 is 2.40 bits per heavy atom. The van der Waals surface area contributed by atoms with Crippen molar-refractivity contribution in [2.45, 2.75) is 6.92 Å². The lowest BCUT2D eigenvalue weighted by atomic mass is 10.2. The van der Waals surface area contributed by atoms with E-state index in [2.05, 4.69) is 11.9 Å². The molecular formula is C26H29ClN6O2. The van der Waals surface area contributed by atoms with E-state index < -0.39 is 0 Å². The molecule has 0 unspecified atom stereocenters. The number of amides is 1. The second-order valence-electron chi connectivity index (χ2n) is 8.18. The molecule has 35 heavy (non-hydrogen) atoms. The predicted molar refractivity (Wildman–Crippen MR) is 144 cm³/mol. The lowest BCUT2D eigenvalue weighted by molar-refractivity contribution is -0.113. The maximum Gasteiger partial charge on any atom is 0.339 e. The van der Waals surface area contributed by atoms with Gasteiger partial charge < -0.3 is 20.5 Å². The van der Waals surface area contributed by atoms with Gasteiger partial charge in [0.05, 0.1) is 17.1 Å². The minimum Gasteiger partial charge on any atom is -0.346 e. The van der Waals surface area contributed by atoms with Crippen LogP contribution in [-0.4, -0.2) is 53.3 Å². The average Bonchev–Trinajstić information content (AvgIpc) is 3.11. The molecule has 0 saturated carbocycles. The van der Waals surface area contributed by atoms with E-state index in [4.69, 9.17) is 17.0 Å². The molecule has 9 heteroatoms. The summed E-state index contributed by atoms with van der Waals surface area (Å²) in [4.78, 5) is 29.8. The number of aromatic nitrogens is 2. The predicted octanol–water partition coefficient (Wildman–Crippen LogP) is 4.31. The van der Waals surface area contributed by atoms with Gasteiger partial charge in [0.15, 0.2) is 0 Å². The van der Waals surface area contributed by atoms with Crippen molar-refractivity contribution >= 4 is 34.7 Å². The summed E-state index contributed by atoms with van der Waals surface area (Å²) in [7, 11) is 5.53. The van der Waals surface area contributed by atoms with E-state index in [0.29, 0.717) is 40.1 Å². The minimum absolute atomic E-state index is 0.185. The summed E-state index contributed by atoms with van der Waals surface area (Å²) < 4.78 is 2.92. The van der Waals surface area contributed by atoms with E-state index in [1.807, 2.05) is 19.0 Å². The number of benzene rings is 2. The van der Waals surface area contributed by atoms with Crippen molar-refractivity contribution in [1.82, 2.24) is 14.0 Å². The summed E-state index contributed by atoms with van der Waals surface area (Å²) in [6, 6.07) is 13.9. The Morgan fingerprint density at radius 2 is 1.80 bits per heavy atom. The molecule has 0 fully saturated rings. The topological polar surface area (TPSA) is 86.4 Å². The van der Waals surface area contributed by atoms with E-state index >= 15 is 0 Å². The summed E-state index contributed by atoms with van der Waals surface area (Å²) in [6.07, 6.45) is 4.78. The van der Waals surface area contributed by atoms with Crippen LogP contribution in [0.5, 0.6) is 0 Å². The third-order valence-electron chi connectivity index (χ3n) is 5.27. The van der Waals surface area contributed by atoms with Crippen LogP contribution in [0.1, 0.15) is 12.6 Å². The van der Waals surface area contributed by atoms with Gasteiger partial charge in [-0.25, -0.2) is 9.36 Å².